The maximum absolute atomic E-state index is 4.56. The van der Waals surface area contributed by atoms with Crippen LogP contribution in [0.3, 0.4) is 0 Å². The molecule has 18 heavy (non-hydrogen) atoms. The lowest BCUT2D eigenvalue weighted by atomic mass is 9.98. The molecule has 0 atom stereocenters. The summed E-state index contributed by atoms with van der Waals surface area (Å²) in [5.74, 6) is 1.02. The summed E-state index contributed by atoms with van der Waals surface area (Å²) >= 11 is 0. The van der Waals surface area contributed by atoms with Gasteiger partial charge in [-0.25, -0.2) is 4.98 Å². The normalized spacial score (nSPS) is 11.1. The van der Waals surface area contributed by atoms with Crippen LogP contribution in [0.5, 0.6) is 0 Å². The van der Waals surface area contributed by atoms with E-state index in [1.165, 1.54) is 22.3 Å². The van der Waals surface area contributed by atoms with Gasteiger partial charge in [0.25, 0.3) is 0 Å². The third-order valence-electron chi connectivity index (χ3n) is 3.74. The molecule has 0 aliphatic heterocycles. The Kier molecular flexibility index (Phi) is 2.44. The topological polar surface area (TPSA) is 17.3 Å². The first-order valence-corrected chi connectivity index (χ1v) is 6.18. The number of benzene rings is 1. The van der Waals surface area contributed by atoms with Gasteiger partial charge in [-0.05, 0) is 49.6 Å². The molecule has 90 valence electrons. The molecule has 0 N–H and O–H groups in total. The SMILES string of the molecule is Cc1ccc(-c2ncc3ccccn23)c(C)c1C. The predicted octanol–water partition coefficient (Wildman–Crippen LogP) is 3.93. The Labute approximate surface area is 107 Å². The van der Waals surface area contributed by atoms with Crippen LogP contribution >= 0.6 is 0 Å². The predicted molar refractivity (Wildman–Crippen MR) is 74.8 cm³/mol. The van der Waals surface area contributed by atoms with Crippen LogP contribution in [0.15, 0.2) is 42.7 Å². The zero-order chi connectivity index (χ0) is 12.7. The van der Waals surface area contributed by atoms with Crippen LogP contribution in [0.1, 0.15) is 16.7 Å². The van der Waals surface area contributed by atoms with Crippen molar-refractivity contribution < 1.29 is 0 Å². The van der Waals surface area contributed by atoms with Crippen LogP contribution in [0.2, 0.25) is 0 Å². The van der Waals surface area contributed by atoms with Gasteiger partial charge in [-0.15, -0.1) is 0 Å². The molecule has 3 rings (SSSR count). The lowest BCUT2D eigenvalue weighted by Crippen LogP contribution is -1.95. The highest BCUT2D eigenvalue weighted by Crippen LogP contribution is 2.26. The average Bonchev–Trinajstić information content (AvgIpc) is 2.80. The standard InChI is InChI=1S/C16H16N2/c1-11-7-8-15(13(3)12(11)2)16-17-10-14-6-4-5-9-18(14)16/h4-10H,1-3H3. The van der Waals surface area contributed by atoms with Crippen molar-refractivity contribution in [2.75, 3.05) is 0 Å². The van der Waals surface area contributed by atoms with E-state index in [9.17, 15) is 0 Å². The summed E-state index contributed by atoms with van der Waals surface area (Å²) in [6, 6.07) is 10.5. The fraction of sp³-hybridized carbons (Fsp3) is 0.188. The Morgan fingerprint density at radius 2 is 1.78 bits per heavy atom. The first-order valence-electron chi connectivity index (χ1n) is 6.18. The van der Waals surface area contributed by atoms with Gasteiger partial charge in [0.1, 0.15) is 5.82 Å². The van der Waals surface area contributed by atoms with Crippen LogP contribution < -0.4 is 0 Å². The second-order valence-corrected chi connectivity index (χ2v) is 4.76. The highest BCUT2D eigenvalue weighted by molar-refractivity contribution is 5.67. The molecule has 2 nitrogen and oxygen atoms in total. The zero-order valence-corrected chi connectivity index (χ0v) is 10.9. The van der Waals surface area contributed by atoms with Crippen LogP contribution in [0.4, 0.5) is 0 Å². The molecule has 3 aromatic rings. The quantitative estimate of drug-likeness (QED) is 0.626. The molecule has 0 bridgehead atoms. The molecule has 2 heteroatoms. The van der Waals surface area contributed by atoms with Crippen molar-refractivity contribution in [2.45, 2.75) is 20.8 Å². The average molecular weight is 236 g/mol. The van der Waals surface area contributed by atoms with E-state index in [0.717, 1.165) is 11.3 Å². The van der Waals surface area contributed by atoms with Gasteiger partial charge in [-0.3, -0.25) is 4.40 Å². The van der Waals surface area contributed by atoms with E-state index in [2.05, 4.69) is 54.6 Å². The Balaban J connectivity index is 2.30. The highest BCUT2D eigenvalue weighted by Gasteiger charge is 2.10. The Morgan fingerprint density at radius 1 is 0.944 bits per heavy atom. The summed E-state index contributed by atoms with van der Waals surface area (Å²) in [7, 11) is 0. The Bertz CT molecular complexity index is 723. The number of pyridine rings is 1. The largest absolute Gasteiger partial charge is 0.300 e. The number of fused-ring (bicyclic) bond motifs is 1. The zero-order valence-electron chi connectivity index (χ0n) is 10.9. The van der Waals surface area contributed by atoms with Gasteiger partial charge in [0.05, 0.1) is 11.7 Å². The van der Waals surface area contributed by atoms with E-state index in [0.29, 0.717) is 0 Å². The van der Waals surface area contributed by atoms with Crippen LogP contribution in [-0.2, 0) is 0 Å². The van der Waals surface area contributed by atoms with Gasteiger partial charge in [0.15, 0.2) is 0 Å². The monoisotopic (exact) mass is 236 g/mol. The highest BCUT2D eigenvalue weighted by atomic mass is 15.0. The van der Waals surface area contributed by atoms with E-state index in [-0.39, 0.29) is 0 Å². The van der Waals surface area contributed by atoms with Crippen molar-refractivity contribution in [2.24, 2.45) is 0 Å². The van der Waals surface area contributed by atoms with E-state index >= 15 is 0 Å². The molecule has 0 amide bonds. The lowest BCUT2D eigenvalue weighted by Gasteiger charge is -2.10. The molecule has 0 spiro atoms. The van der Waals surface area contributed by atoms with Gasteiger partial charge in [0, 0.05) is 11.8 Å². The molecule has 2 heterocycles. The summed E-state index contributed by atoms with van der Waals surface area (Å²) in [5.41, 5.74) is 6.33. The number of aromatic nitrogens is 2. The molecule has 0 aliphatic carbocycles. The van der Waals surface area contributed by atoms with E-state index in [1.807, 2.05) is 18.3 Å². The Hall–Kier alpha value is -2.09. The van der Waals surface area contributed by atoms with Gasteiger partial charge in [-0.1, -0.05) is 18.2 Å². The second-order valence-electron chi connectivity index (χ2n) is 4.76. The molecule has 0 fully saturated rings. The number of aryl methyl sites for hydroxylation is 1. The minimum absolute atomic E-state index is 1.02. The lowest BCUT2D eigenvalue weighted by molar-refractivity contribution is 1.14. The van der Waals surface area contributed by atoms with Crippen molar-refractivity contribution >= 4 is 5.52 Å². The molecule has 2 aromatic heterocycles. The molecule has 0 aliphatic rings. The minimum Gasteiger partial charge on any atom is -0.300 e. The number of nitrogens with zero attached hydrogens (tertiary/aromatic N) is 2. The van der Waals surface area contributed by atoms with E-state index in [1.54, 1.807) is 0 Å². The van der Waals surface area contributed by atoms with E-state index in [4.69, 9.17) is 0 Å². The summed E-state index contributed by atoms with van der Waals surface area (Å²) < 4.78 is 2.14. The van der Waals surface area contributed by atoms with Gasteiger partial charge < -0.3 is 0 Å². The Morgan fingerprint density at radius 3 is 2.61 bits per heavy atom. The maximum atomic E-state index is 4.56. The van der Waals surface area contributed by atoms with Crippen molar-refractivity contribution in [3.63, 3.8) is 0 Å². The summed E-state index contributed by atoms with van der Waals surface area (Å²) in [5, 5.41) is 0. The fourth-order valence-corrected chi connectivity index (χ4v) is 2.34. The number of hydrogen-bond donors (Lipinski definition) is 0. The number of hydrogen-bond acceptors (Lipinski definition) is 1. The summed E-state index contributed by atoms with van der Waals surface area (Å²) in [4.78, 5) is 4.56. The first kappa shape index (κ1) is 11.0. The molecule has 1 aromatic carbocycles. The van der Waals surface area contributed by atoms with Gasteiger partial charge >= 0.3 is 0 Å². The molecular weight excluding hydrogens is 220 g/mol. The van der Waals surface area contributed by atoms with Crippen LogP contribution in [-0.4, -0.2) is 9.38 Å². The number of rotatable bonds is 1. The van der Waals surface area contributed by atoms with Crippen molar-refractivity contribution in [1.29, 1.82) is 0 Å². The number of imidazole rings is 1. The fourth-order valence-electron chi connectivity index (χ4n) is 2.34. The molecule has 0 radical (unpaired) electrons. The van der Waals surface area contributed by atoms with Crippen LogP contribution in [0.25, 0.3) is 16.9 Å². The van der Waals surface area contributed by atoms with Gasteiger partial charge in [-0.2, -0.15) is 0 Å². The summed E-state index contributed by atoms with van der Waals surface area (Å²) in [6.45, 7) is 6.49. The van der Waals surface area contributed by atoms with E-state index < -0.39 is 0 Å². The summed E-state index contributed by atoms with van der Waals surface area (Å²) in [6.07, 6.45) is 3.98. The molecular formula is C16H16N2. The third kappa shape index (κ3) is 1.53. The van der Waals surface area contributed by atoms with Gasteiger partial charge in [0.2, 0.25) is 0 Å². The van der Waals surface area contributed by atoms with Crippen molar-refractivity contribution in [3.05, 3.63) is 59.4 Å². The third-order valence-corrected chi connectivity index (χ3v) is 3.74. The smallest absolute Gasteiger partial charge is 0.144 e. The molecule has 0 unspecified atom stereocenters. The molecule has 0 saturated heterocycles. The van der Waals surface area contributed by atoms with Crippen molar-refractivity contribution in [3.8, 4) is 11.4 Å². The molecule has 0 saturated carbocycles. The van der Waals surface area contributed by atoms with Crippen molar-refractivity contribution in [1.82, 2.24) is 9.38 Å². The first-order chi connectivity index (χ1) is 8.68. The minimum atomic E-state index is 1.02. The maximum Gasteiger partial charge on any atom is 0.144 e. The van der Waals surface area contributed by atoms with Crippen LogP contribution in [0, 0.1) is 20.8 Å². The second kappa shape index (κ2) is 3.98.